The lowest BCUT2D eigenvalue weighted by atomic mass is 10.2. The average molecular weight is 242 g/mol. The second kappa shape index (κ2) is 6.15. The highest BCUT2D eigenvalue weighted by Crippen LogP contribution is 2.17. The van der Waals surface area contributed by atoms with Gasteiger partial charge in [-0.3, -0.25) is 9.36 Å². The number of carbonyl (C=O) groups is 1. The molecule has 3 nitrogen and oxygen atoms in total. The lowest BCUT2D eigenvalue weighted by Gasteiger charge is -2.06. The zero-order valence-corrected chi connectivity index (χ0v) is 10.7. The number of aromatic nitrogens is 2. The molecule has 1 aromatic heterocycles. The van der Waals surface area contributed by atoms with Crippen LogP contribution in [-0.2, 0) is 0 Å². The van der Waals surface area contributed by atoms with Gasteiger partial charge in [0.05, 0.1) is 0 Å². The summed E-state index contributed by atoms with van der Waals surface area (Å²) < 4.78 is 1.66. The van der Waals surface area contributed by atoms with E-state index in [1.807, 2.05) is 30.3 Å². The van der Waals surface area contributed by atoms with Crippen LogP contribution in [0.25, 0.3) is 11.4 Å². The monoisotopic (exact) mass is 242 g/mol. The number of carbonyl (C=O) groups excluding carboxylic acids is 1. The second-order valence-corrected chi connectivity index (χ2v) is 4.34. The van der Waals surface area contributed by atoms with Crippen molar-refractivity contribution < 1.29 is 4.79 Å². The molecule has 3 heteroatoms. The van der Waals surface area contributed by atoms with Gasteiger partial charge in [0.25, 0.3) is 0 Å². The molecule has 94 valence electrons. The van der Waals surface area contributed by atoms with Crippen molar-refractivity contribution in [2.45, 2.75) is 32.6 Å². The third kappa shape index (κ3) is 2.86. The van der Waals surface area contributed by atoms with Gasteiger partial charge < -0.3 is 0 Å². The Bertz CT molecular complexity index is 502. The van der Waals surface area contributed by atoms with Gasteiger partial charge in [0, 0.05) is 24.4 Å². The van der Waals surface area contributed by atoms with E-state index in [-0.39, 0.29) is 5.91 Å². The van der Waals surface area contributed by atoms with Crippen LogP contribution in [0.15, 0.2) is 42.7 Å². The molecule has 0 radical (unpaired) electrons. The third-order valence-electron chi connectivity index (χ3n) is 2.94. The topological polar surface area (TPSA) is 34.9 Å². The van der Waals surface area contributed by atoms with Crippen molar-refractivity contribution in [3.8, 4) is 11.4 Å². The van der Waals surface area contributed by atoms with Gasteiger partial charge >= 0.3 is 0 Å². The van der Waals surface area contributed by atoms with Crippen molar-refractivity contribution in [1.29, 1.82) is 0 Å². The summed E-state index contributed by atoms with van der Waals surface area (Å²) in [6.07, 6.45) is 7.19. The molecule has 0 saturated heterocycles. The standard InChI is InChI=1S/C15H18N2O/c1-2-3-5-10-14(18)17-12-11-16-15(17)13-8-6-4-7-9-13/h4,6-9,11-12H,2-3,5,10H2,1H3. The molecule has 0 saturated carbocycles. The fraction of sp³-hybridized carbons (Fsp3) is 0.333. The van der Waals surface area contributed by atoms with E-state index < -0.39 is 0 Å². The van der Waals surface area contributed by atoms with Crippen LogP contribution in [0.3, 0.4) is 0 Å². The Morgan fingerprint density at radius 1 is 1.22 bits per heavy atom. The van der Waals surface area contributed by atoms with Gasteiger partial charge in [-0.1, -0.05) is 50.1 Å². The molecule has 2 rings (SSSR count). The quantitative estimate of drug-likeness (QED) is 0.748. The van der Waals surface area contributed by atoms with Crippen LogP contribution >= 0.6 is 0 Å². The first-order valence-electron chi connectivity index (χ1n) is 6.45. The average Bonchev–Trinajstić information content (AvgIpc) is 2.89. The van der Waals surface area contributed by atoms with Crippen molar-refractivity contribution in [3.63, 3.8) is 0 Å². The predicted octanol–water partition coefficient (Wildman–Crippen LogP) is 3.77. The molecule has 0 unspecified atom stereocenters. The highest BCUT2D eigenvalue weighted by atomic mass is 16.2. The minimum absolute atomic E-state index is 0.125. The van der Waals surface area contributed by atoms with E-state index in [9.17, 15) is 4.79 Å². The van der Waals surface area contributed by atoms with Crippen LogP contribution in [0, 0.1) is 0 Å². The summed E-state index contributed by atoms with van der Waals surface area (Å²) in [5.41, 5.74) is 0.978. The predicted molar refractivity (Wildman–Crippen MR) is 72.4 cm³/mol. The number of benzene rings is 1. The molecule has 0 spiro atoms. The summed E-state index contributed by atoms with van der Waals surface area (Å²) in [4.78, 5) is 16.4. The molecule has 0 atom stereocenters. The molecule has 0 N–H and O–H groups in total. The van der Waals surface area contributed by atoms with Crippen molar-refractivity contribution in [2.75, 3.05) is 0 Å². The first kappa shape index (κ1) is 12.6. The molecule has 0 amide bonds. The van der Waals surface area contributed by atoms with Crippen LogP contribution in [0.1, 0.15) is 37.4 Å². The Labute approximate surface area is 107 Å². The number of imidazole rings is 1. The molecule has 0 aliphatic rings. The van der Waals surface area contributed by atoms with Crippen LogP contribution < -0.4 is 0 Å². The lowest BCUT2D eigenvalue weighted by Crippen LogP contribution is -2.10. The first-order chi connectivity index (χ1) is 8.83. The maximum Gasteiger partial charge on any atom is 0.232 e. The molecular weight excluding hydrogens is 224 g/mol. The van der Waals surface area contributed by atoms with Crippen molar-refractivity contribution in [2.24, 2.45) is 0 Å². The highest BCUT2D eigenvalue weighted by Gasteiger charge is 2.11. The Balaban J connectivity index is 2.15. The zero-order chi connectivity index (χ0) is 12.8. The minimum Gasteiger partial charge on any atom is -0.274 e. The van der Waals surface area contributed by atoms with E-state index in [0.717, 1.165) is 30.7 Å². The fourth-order valence-corrected chi connectivity index (χ4v) is 1.95. The van der Waals surface area contributed by atoms with E-state index in [4.69, 9.17) is 0 Å². The Morgan fingerprint density at radius 2 is 2.00 bits per heavy atom. The summed E-state index contributed by atoms with van der Waals surface area (Å²) in [7, 11) is 0. The molecule has 0 aliphatic carbocycles. The normalized spacial score (nSPS) is 10.5. The second-order valence-electron chi connectivity index (χ2n) is 4.34. The smallest absolute Gasteiger partial charge is 0.232 e. The van der Waals surface area contributed by atoms with Gasteiger partial charge in [0.1, 0.15) is 5.82 Å². The van der Waals surface area contributed by atoms with E-state index in [0.29, 0.717) is 6.42 Å². The van der Waals surface area contributed by atoms with Gasteiger partial charge in [0.15, 0.2) is 0 Å². The van der Waals surface area contributed by atoms with Crippen LogP contribution in [-0.4, -0.2) is 15.5 Å². The Kier molecular flexibility index (Phi) is 4.29. The van der Waals surface area contributed by atoms with Gasteiger partial charge in [-0.15, -0.1) is 0 Å². The lowest BCUT2D eigenvalue weighted by molar-refractivity contribution is 0.0901. The molecule has 0 bridgehead atoms. The third-order valence-corrected chi connectivity index (χ3v) is 2.94. The maximum atomic E-state index is 12.1. The summed E-state index contributed by atoms with van der Waals surface area (Å²) >= 11 is 0. The van der Waals surface area contributed by atoms with Crippen LogP contribution in [0.5, 0.6) is 0 Å². The van der Waals surface area contributed by atoms with E-state index in [1.54, 1.807) is 17.0 Å². The SMILES string of the molecule is CCCCCC(=O)n1ccnc1-c1ccccc1. The summed E-state index contributed by atoms with van der Waals surface area (Å²) in [5, 5.41) is 0. The molecule has 18 heavy (non-hydrogen) atoms. The molecule has 1 heterocycles. The van der Waals surface area contributed by atoms with Gasteiger partial charge in [0.2, 0.25) is 5.91 Å². The summed E-state index contributed by atoms with van der Waals surface area (Å²) in [6.45, 7) is 2.14. The van der Waals surface area contributed by atoms with E-state index in [2.05, 4.69) is 11.9 Å². The molecule has 1 aromatic carbocycles. The Morgan fingerprint density at radius 3 is 2.72 bits per heavy atom. The van der Waals surface area contributed by atoms with Crippen molar-refractivity contribution >= 4 is 5.91 Å². The first-order valence-corrected chi connectivity index (χ1v) is 6.45. The summed E-state index contributed by atoms with van der Waals surface area (Å²) in [5.74, 6) is 0.858. The van der Waals surface area contributed by atoms with Gasteiger partial charge in [-0.2, -0.15) is 0 Å². The maximum absolute atomic E-state index is 12.1. The van der Waals surface area contributed by atoms with Crippen LogP contribution in [0.2, 0.25) is 0 Å². The van der Waals surface area contributed by atoms with E-state index >= 15 is 0 Å². The molecule has 2 aromatic rings. The van der Waals surface area contributed by atoms with Crippen LogP contribution in [0.4, 0.5) is 0 Å². The number of hydrogen-bond donors (Lipinski definition) is 0. The van der Waals surface area contributed by atoms with Gasteiger partial charge in [-0.25, -0.2) is 4.98 Å². The number of rotatable bonds is 5. The fourth-order valence-electron chi connectivity index (χ4n) is 1.95. The molecular formula is C15H18N2O. The number of nitrogens with zero attached hydrogens (tertiary/aromatic N) is 2. The summed E-state index contributed by atoms with van der Waals surface area (Å²) in [6, 6.07) is 9.81. The molecule has 0 aliphatic heterocycles. The van der Waals surface area contributed by atoms with E-state index in [1.165, 1.54) is 0 Å². The molecule has 0 fully saturated rings. The van der Waals surface area contributed by atoms with Crippen molar-refractivity contribution in [3.05, 3.63) is 42.7 Å². The largest absolute Gasteiger partial charge is 0.274 e. The minimum atomic E-state index is 0.125. The van der Waals surface area contributed by atoms with Crippen molar-refractivity contribution in [1.82, 2.24) is 9.55 Å². The van der Waals surface area contributed by atoms with Gasteiger partial charge in [-0.05, 0) is 6.42 Å². The Hall–Kier alpha value is -1.90. The number of unbranched alkanes of at least 4 members (excludes halogenated alkanes) is 2. The zero-order valence-electron chi connectivity index (χ0n) is 10.7. The number of hydrogen-bond acceptors (Lipinski definition) is 2. The highest BCUT2D eigenvalue weighted by molar-refractivity contribution is 5.83.